The third-order valence-electron chi connectivity index (χ3n) is 2.54. The lowest BCUT2D eigenvalue weighted by atomic mass is 10.2. The lowest BCUT2D eigenvalue weighted by molar-refractivity contribution is 0.601. The van der Waals surface area contributed by atoms with E-state index in [2.05, 4.69) is 9.71 Å². The first-order valence-electron chi connectivity index (χ1n) is 5.68. The lowest BCUT2D eigenvalue weighted by Gasteiger charge is -2.09. The number of hydrogen-bond donors (Lipinski definition) is 2. The SMILES string of the molecule is Cc1cccc(NS(=O)(=O)c2ccc(N)cc2C#N)n1. The maximum atomic E-state index is 12.3. The Hall–Kier alpha value is -2.59. The van der Waals surface area contributed by atoms with Crippen molar-refractivity contribution in [3.63, 3.8) is 0 Å². The lowest BCUT2D eigenvalue weighted by Crippen LogP contribution is -2.15. The largest absolute Gasteiger partial charge is 0.399 e. The maximum absolute atomic E-state index is 12.3. The third-order valence-corrected chi connectivity index (χ3v) is 3.95. The molecule has 3 N–H and O–H groups in total. The van der Waals surface area contributed by atoms with Crippen molar-refractivity contribution in [1.82, 2.24) is 4.98 Å². The van der Waals surface area contributed by atoms with E-state index in [0.717, 1.165) is 0 Å². The van der Waals surface area contributed by atoms with Gasteiger partial charge >= 0.3 is 0 Å². The minimum atomic E-state index is -3.88. The molecule has 2 aromatic rings. The Kier molecular flexibility index (Phi) is 3.59. The highest BCUT2D eigenvalue weighted by Crippen LogP contribution is 2.20. The minimum Gasteiger partial charge on any atom is -0.399 e. The molecule has 0 fully saturated rings. The van der Waals surface area contributed by atoms with Gasteiger partial charge in [0.05, 0.1) is 5.56 Å². The molecule has 0 saturated heterocycles. The van der Waals surface area contributed by atoms with Crippen molar-refractivity contribution in [3.8, 4) is 6.07 Å². The van der Waals surface area contributed by atoms with Crippen molar-refractivity contribution in [3.05, 3.63) is 47.7 Å². The molecule has 1 aromatic carbocycles. The normalized spacial score (nSPS) is 10.8. The summed E-state index contributed by atoms with van der Waals surface area (Å²) < 4.78 is 26.9. The number of benzene rings is 1. The molecule has 0 saturated carbocycles. The second-order valence-electron chi connectivity index (χ2n) is 4.14. The highest BCUT2D eigenvalue weighted by Gasteiger charge is 2.19. The average molecular weight is 288 g/mol. The summed E-state index contributed by atoms with van der Waals surface area (Å²) in [6.45, 7) is 1.75. The summed E-state index contributed by atoms with van der Waals surface area (Å²) in [5.41, 5.74) is 6.54. The molecule has 6 nitrogen and oxygen atoms in total. The van der Waals surface area contributed by atoms with Gasteiger partial charge in [0.1, 0.15) is 16.8 Å². The number of nitrogens with one attached hydrogen (secondary N) is 1. The van der Waals surface area contributed by atoms with Gasteiger partial charge in [0.15, 0.2) is 0 Å². The Morgan fingerprint density at radius 1 is 1.30 bits per heavy atom. The van der Waals surface area contributed by atoms with E-state index in [1.165, 1.54) is 24.3 Å². The molecule has 0 spiro atoms. The Bertz CT molecular complexity index is 794. The van der Waals surface area contributed by atoms with E-state index >= 15 is 0 Å². The summed E-state index contributed by atoms with van der Waals surface area (Å²) in [5, 5.41) is 9.00. The van der Waals surface area contributed by atoms with Crippen LogP contribution in [0.2, 0.25) is 0 Å². The molecule has 0 aliphatic heterocycles. The van der Waals surface area contributed by atoms with E-state index in [0.29, 0.717) is 11.4 Å². The summed E-state index contributed by atoms with van der Waals surface area (Å²) in [4.78, 5) is 3.93. The number of sulfonamides is 1. The zero-order valence-electron chi connectivity index (χ0n) is 10.7. The second-order valence-corrected chi connectivity index (χ2v) is 5.79. The van der Waals surface area contributed by atoms with Crippen molar-refractivity contribution >= 4 is 21.5 Å². The molecule has 0 unspecified atom stereocenters. The van der Waals surface area contributed by atoms with E-state index in [-0.39, 0.29) is 16.3 Å². The molecule has 0 aliphatic rings. The van der Waals surface area contributed by atoms with Gasteiger partial charge in [0, 0.05) is 11.4 Å². The van der Waals surface area contributed by atoms with Crippen LogP contribution in [0.15, 0.2) is 41.3 Å². The quantitative estimate of drug-likeness (QED) is 0.834. The molecule has 1 heterocycles. The number of anilines is 2. The molecule has 20 heavy (non-hydrogen) atoms. The van der Waals surface area contributed by atoms with Crippen molar-refractivity contribution in [2.24, 2.45) is 0 Å². The Balaban J connectivity index is 2.44. The average Bonchev–Trinajstić information content (AvgIpc) is 2.37. The summed E-state index contributed by atoms with van der Waals surface area (Å²) in [6.07, 6.45) is 0. The van der Waals surface area contributed by atoms with Gasteiger partial charge in [-0.1, -0.05) is 6.07 Å². The molecule has 0 radical (unpaired) electrons. The van der Waals surface area contributed by atoms with Crippen LogP contribution in [0.1, 0.15) is 11.3 Å². The maximum Gasteiger partial charge on any atom is 0.264 e. The van der Waals surface area contributed by atoms with Crippen molar-refractivity contribution < 1.29 is 8.42 Å². The number of hydrogen-bond acceptors (Lipinski definition) is 5. The Morgan fingerprint density at radius 2 is 2.05 bits per heavy atom. The number of nitrogens with two attached hydrogens (primary N) is 1. The van der Waals surface area contributed by atoms with Gasteiger partial charge in [-0.2, -0.15) is 5.26 Å². The zero-order valence-corrected chi connectivity index (χ0v) is 11.5. The fraction of sp³-hybridized carbons (Fsp3) is 0.0769. The van der Waals surface area contributed by atoms with Crippen molar-refractivity contribution in [2.45, 2.75) is 11.8 Å². The molecule has 2 rings (SSSR count). The van der Waals surface area contributed by atoms with Gasteiger partial charge in [-0.3, -0.25) is 4.72 Å². The molecule has 0 amide bonds. The van der Waals surface area contributed by atoms with Gasteiger partial charge in [-0.05, 0) is 37.3 Å². The van der Waals surface area contributed by atoms with Gasteiger partial charge in [0.25, 0.3) is 10.0 Å². The van der Waals surface area contributed by atoms with E-state index in [9.17, 15) is 8.42 Å². The summed E-state index contributed by atoms with van der Waals surface area (Å²) in [6, 6.07) is 10.8. The second kappa shape index (κ2) is 5.19. The Labute approximate surface area is 116 Å². The van der Waals surface area contributed by atoms with Crippen LogP contribution in [-0.4, -0.2) is 13.4 Å². The first kappa shape index (κ1) is 13.8. The monoisotopic (exact) mass is 288 g/mol. The fourth-order valence-electron chi connectivity index (χ4n) is 1.66. The van der Waals surface area contributed by atoms with Crippen LogP contribution < -0.4 is 10.5 Å². The van der Waals surface area contributed by atoms with Gasteiger partial charge < -0.3 is 5.73 Å². The first-order valence-corrected chi connectivity index (χ1v) is 7.17. The molecule has 0 atom stereocenters. The highest BCUT2D eigenvalue weighted by molar-refractivity contribution is 7.92. The van der Waals surface area contributed by atoms with Crippen LogP contribution in [0.5, 0.6) is 0 Å². The van der Waals surface area contributed by atoms with Gasteiger partial charge in [0.2, 0.25) is 0 Å². The van der Waals surface area contributed by atoms with Gasteiger partial charge in [-0.15, -0.1) is 0 Å². The predicted molar refractivity (Wildman–Crippen MR) is 75.4 cm³/mol. The van der Waals surface area contributed by atoms with Crippen LogP contribution in [0.4, 0.5) is 11.5 Å². The van der Waals surface area contributed by atoms with E-state index in [4.69, 9.17) is 11.0 Å². The number of rotatable bonds is 3. The summed E-state index contributed by atoms with van der Waals surface area (Å²) in [7, 11) is -3.88. The van der Waals surface area contributed by atoms with E-state index in [1.807, 2.05) is 6.07 Å². The van der Waals surface area contributed by atoms with Gasteiger partial charge in [-0.25, -0.2) is 13.4 Å². The van der Waals surface area contributed by atoms with Crippen molar-refractivity contribution in [2.75, 3.05) is 10.5 Å². The number of pyridine rings is 1. The molecule has 1 aromatic heterocycles. The number of nitrogen functional groups attached to an aromatic ring is 1. The minimum absolute atomic E-state index is 0.00912. The first-order chi connectivity index (χ1) is 9.42. The summed E-state index contributed by atoms with van der Waals surface area (Å²) in [5.74, 6) is 0.200. The van der Waals surface area contributed by atoms with Crippen molar-refractivity contribution in [1.29, 1.82) is 5.26 Å². The van der Waals surface area contributed by atoms with Crippen LogP contribution in [0.3, 0.4) is 0 Å². The topological polar surface area (TPSA) is 109 Å². The number of nitrogens with zero attached hydrogens (tertiary/aromatic N) is 2. The molecule has 0 aliphatic carbocycles. The molecule has 102 valence electrons. The van der Waals surface area contributed by atoms with Crippen LogP contribution in [0.25, 0.3) is 0 Å². The molecular weight excluding hydrogens is 276 g/mol. The van der Waals surface area contributed by atoms with Crippen LogP contribution in [-0.2, 0) is 10.0 Å². The zero-order chi connectivity index (χ0) is 14.8. The van der Waals surface area contributed by atoms with Crippen LogP contribution in [0, 0.1) is 18.3 Å². The third kappa shape index (κ3) is 2.87. The Morgan fingerprint density at radius 3 is 2.70 bits per heavy atom. The number of nitriles is 1. The fourth-order valence-corrected chi connectivity index (χ4v) is 2.80. The predicted octanol–water partition coefficient (Wildman–Crippen LogP) is 1.64. The van der Waals surface area contributed by atoms with Crippen LogP contribution >= 0.6 is 0 Å². The number of aromatic nitrogens is 1. The molecule has 0 bridgehead atoms. The number of aryl methyl sites for hydroxylation is 1. The van der Waals surface area contributed by atoms with E-state index in [1.54, 1.807) is 19.1 Å². The smallest absolute Gasteiger partial charge is 0.264 e. The van der Waals surface area contributed by atoms with E-state index < -0.39 is 10.0 Å². The highest BCUT2D eigenvalue weighted by atomic mass is 32.2. The molecule has 7 heteroatoms. The standard InChI is InChI=1S/C13H12N4O2S/c1-9-3-2-4-13(16-9)17-20(18,19)12-6-5-11(15)7-10(12)8-14/h2-7H,15H2,1H3,(H,16,17). The molecular formula is C13H12N4O2S. The summed E-state index contributed by atoms with van der Waals surface area (Å²) >= 11 is 0.